The van der Waals surface area contributed by atoms with Crippen LogP contribution in [0.4, 0.5) is 0 Å². The molecule has 0 aliphatic heterocycles. The molecule has 1 aromatic heterocycles. The molecule has 0 radical (unpaired) electrons. The van der Waals surface area contributed by atoms with E-state index in [9.17, 15) is 0 Å². The third-order valence-corrected chi connectivity index (χ3v) is 3.44. The maximum absolute atomic E-state index is 5.46. The molecule has 1 aromatic carbocycles. The summed E-state index contributed by atoms with van der Waals surface area (Å²) in [7, 11) is 1.69. The summed E-state index contributed by atoms with van der Waals surface area (Å²) in [6.07, 6.45) is 1.81. The number of rotatable bonds is 5. The van der Waals surface area contributed by atoms with Crippen molar-refractivity contribution in [1.82, 2.24) is 10.3 Å². The lowest BCUT2D eigenvalue weighted by atomic mass is 9.96. The van der Waals surface area contributed by atoms with Gasteiger partial charge in [-0.2, -0.15) is 0 Å². The first-order chi connectivity index (χ1) is 9.67. The number of pyridine rings is 1. The van der Waals surface area contributed by atoms with Crippen LogP contribution in [0.3, 0.4) is 0 Å². The van der Waals surface area contributed by atoms with Gasteiger partial charge in [-0.15, -0.1) is 0 Å². The first-order valence-corrected chi connectivity index (χ1v) is 6.96. The number of methoxy groups -OCH3 is 1. The number of hydrogen-bond donors (Lipinski definition) is 1. The first kappa shape index (κ1) is 14.5. The normalized spacial score (nSPS) is 12.2. The fourth-order valence-corrected chi connectivity index (χ4v) is 2.50. The summed E-state index contributed by atoms with van der Waals surface area (Å²) in [5, 5.41) is 3.51. The Morgan fingerprint density at radius 1 is 1.25 bits per heavy atom. The van der Waals surface area contributed by atoms with E-state index in [-0.39, 0.29) is 6.04 Å². The predicted molar refractivity (Wildman–Crippen MR) is 82.2 cm³/mol. The van der Waals surface area contributed by atoms with Gasteiger partial charge in [-0.1, -0.05) is 30.7 Å². The van der Waals surface area contributed by atoms with Gasteiger partial charge in [-0.05, 0) is 43.7 Å². The Balaban J connectivity index is 2.50. The van der Waals surface area contributed by atoms with E-state index in [1.165, 1.54) is 16.7 Å². The van der Waals surface area contributed by atoms with Crippen LogP contribution in [0.15, 0.2) is 36.5 Å². The minimum Gasteiger partial charge on any atom is -0.495 e. The summed E-state index contributed by atoms with van der Waals surface area (Å²) in [6, 6.07) is 10.4. The lowest BCUT2D eigenvalue weighted by Crippen LogP contribution is -2.24. The van der Waals surface area contributed by atoms with E-state index in [2.05, 4.69) is 49.3 Å². The molecule has 1 heterocycles. The zero-order valence-corrected chi connectivity index (χ0v) is 12.6. The number of aryl methyl sites for hydroxylation is 2. The zero-order chi connectivity index (χ0) is 14.5. The van der Waals surface area contributed by atoms with Gasteiger partial charge < -0.3 is 10.1 Å². The van der Waals surface area contributed by atoms with Crippen molar-refractivity contribution in [3.63, 3.8) is 0 Å². The van der Waals surface area contributed by atoms with Crippen molar-refractivity contribution in [3.05, 3.63) is 58.9 Å². The van der Waals surface area contributed by atoms with Gasteiger partial charge in [-0.25, -0.2) is 0 Å². The van der Waals surface area contributed by atoms with Crippen LogP contribution >= 0.6 is 0 Å². The average Bonchev–Trinajstić information content (AvgIpc) is 2.45. The second-order valence-electron chi connectivity index (χ2n) is 4.94. The quantitative estimate of drug-likeness (QED) is 0.904. The van der Waals surface area contributed by atoms with Gasteiger partial charge in [-0.3, -0.25) is 4.98 Å². The maximum atomic E-state index is 5.46. The summed E-state index contributed by atoms with van der Waals surface area (Å²) in [5.74, 6) is 0.818. The largest absolute Gasteiger partial charge is 0.495 e. The molecule has 20 heavy (non-hydrogen) atoms. The monoisotopic (exact) mass is 270 g/mol. The zero-order valence-electron chi connectivity index (χ0n) is 12.6. The van der Waals surface area contributed by atoms with Gasteiger partial charge in [0.05, 0.1) is 13.2 Å². The maximum Gasteiger partial charge on any atom is 0.142 e. The van der Waals surface area contributed by atoms with Gasteiger partial charge in [0.25, 0.3) is 0 Å². The highest BCUT2D eigenvalue weighted by Gasteiger charge is 2.20. The molecule has 0 bridgehead atoms. The summed E-state index contributed by atoms with van der Waals surface area (Å²) in [6.45, 7) is 7.23. The summed E-state index contributed by atoms with van der Waals surface area (Å²) in [5.41, 5.74) is 4.72. The van der Waals surface area contributed by atoms with Crippen LogP contribution in [-0.4, -0.2) is 18.6 Å². The second-order valence-corrected chi connectivity index (χ2v) is 4.94. The van der Waals surface area contributed by atoms with Crippen LogP contribution < -0.4 is 10.1 Å². The minimum absolute atomic E-state index is 0.0525. The molecule has 1 N–H and O–H groups in total. The topological polar surface area (TPSA) is 34.2 Å². The molecule has 2 rings (SSSR count). The standard InChI is InChI=1S/C17H22N2O/c1-5-18-16(14-9-8-12(2)11-13(14)3)17-15(20-4)7-6-10-19-17/h6-11,16,18H,5H2,1-4H3. The number of hydrogen-bond acceptors (Lipinski definition) is 3. The Labute approximate surface area is 121 Å². The molecule has 0 saturated heterocycles. The lowest BCUT2D eigenvalue weighted by molar-refractivity contribution is 0.400. The summed E-state index contributed by atoms with van der Waals surface area (Å²) < 4.78 is 5.46. The Hall–Kier alpha value is -1.87. The number of nitrogens with one attached hydrogen (secondary N) is 1. The SMILES string of the molecule is CCNC(c1ccc(C)cc1C)c1ncccc1OC. The second kappa shape index (κ2) is 6.53. The van der Waals surface area contributed by atoms with E-state index >= 15 is 0 Å². The van der Waals surface area contributed by atoms with Crippen LogP contribution in [0, 0.1) is 13.8 Å². The molecule has 1 atom stereocenters. The highest BCUT2D eigenvalue weighted by Crippen LogP contribution is 2.30. The van der Waals surface area contributed by atoms with Gasteiger partial charge in [0.15, 0.2) is 0 Å². The number of benzene rings is 1. The van der Waals surface area contributed by atoms with Crippen LogP contribution in [0.2, 0.25) is 0 Å². The molecule has 1 unspecified atom stereocenters. The fourth-order valence-electron chi connectivity index (χ4n) is 2.50. The van der Waals surface area contributed by atoms with Crippen molar-refractivity contribution in [2.24, 2.45) is 0 Å². The van der Waals surface area contributed by atoms with E-state index in [0.717, 1.165) is 18.0 Å². The van der Waals surface area contributed by atoms with Crippen molar-refractivity contribution in [3.8, 4) is 5.75 Å². The van der Waals surface area contributed by atoms with Gasteiger partial charge in [0.2, 0.25) is 0 Å². The summed E-state index contributed by atoms with van der Waals surface area (Å²) >= 11 is 0. The van der Waals surface area contributed by atoms with E-state index in [4.69, 9.17) is 4.74 Å². The van der Waals surface area contributed by atoms with Crippen molar-refractivity contribution in [2.75, 3.05) is 13.7 Å². The Bertz CT molecular complexity index is 581. The highest BCUT2D eigenvalue weighted by molar-refractivity contribution is 5.41. The van der Waals surface area contributed by atoms with E-state index in [1.54, 1.807) is 7.11 Å². The molecule has 106 valence electrons. The van der Waals surface area contributed by atoms with E-state index in [1.807, 2.05) is 18.3 Å². The van der Waals surface area contributed by atoms with E-state index in [0.29, 0.717) is 0 Å². The fraction of sp³-hybridized carbons (Fsp3) is 0.353. The Kier molecular flexibility index (Phi) is 4.74. The highest BCUT2D eigenvalue weighted by atomic mass is 16.5. The van der Waals surface area contributed by atoms with Crippen LogP contribution in [0.25, 0.3) is 0 Å². The van der Waals surface area contributed by atoms with Gasteiger partial charge in [0, 0.05) is 6.20 Å². The van der Waals surface area contributed by atoms with Crippen molar-refractivity contribution >= 4 is 0 Å². The molecule has 0 saturated carbocycles. The lowest BCUT2D eigenvalue weighted by Gasteiger charge is -2.22. The van der Waals surface area contributed by atoms with Crippen LogP contribution in [0.1, 0.15) is 35.3 Å². The third-order valence-electron chi connectivity index (χ3n) is 3.44. The van der Waals surface area contributed by atoms with Crippen molar-refractivity contribution < 1.29 is 4.74 Å². The first-order valence-electron chi connectivity index (χ1n) is 6.96. The Morgan fingerprint density at radius 3 is 2.70 bits per heavy atom. The molecule has 0 aliphatic carbocycles. The average molecular weight is 270 g/mol. The van der Waals surface area contributed by atoms with Gasteiger partial charge in [0.1, 0.15) is 11.4 Å². The Morgan fingerprint density at radius 2 is 2.05 bits per heavy atom. The molecular formula is C17H22N2O. The van der Waals surface area contributed by atoms with Crippen LogP contribution in [-0.2, 0) is 0 Å². The number of nitrogens with zero attached hydrogens (tertiary/aromatic N) is 1. The molecule has 2 aromatic rings. The molecule has 0 amide bonds. The molecule has 0 fully saturated rings. The molecule has 3 heteroatoms. The smallest absolute Gasteiger partial charge is 0.142 e. The van der Waals surface area contributed by atoms with E-state index < -0.39 is 0 Å². The predicted octanol–water partition coefficient (Wildman–Crippen LogP) is 3.41. The van der Waals surface area contributed by atoms with Crippen molar-refractivity contribution in [1.29, 1.82) is 0 Å². The minimum atomic E-state index is 0.0525. The third kappa shape index (κ3) is 2.99. The van der Waals surface area contributed by atoms with Gasteiger partial charge >= 0.3 is 0 Å². The molecule has 0 aliphatic rings. The molecular weight excluding hydrogens is 248 g/mol. The summed E-state index contributed by atoms with van der Waals surface area (Å²) in [4.78, 5) is 4.52. The number of aromatic nitrogens is 1. The van der Waals surface area contributed by atoms with Crippen molar-refractivity contribution in [2.45, 2.75) is 26.8 Å². The number of ether oxygens (including phenoxy) is 1. The molecule has 3 nitrogen and oxygen atoms in total. The van der Waals surface area contributed by atoms with Crippen LogP contribution in [0.5, 0.6) is 5.75 Å². The molecule has 0 spiro atoms.